The van der Waals surface area contributed by atoms with Crippen molar-refractivity contribution < 1.29 is 4.74 Å². The fourth-order valence-corrected chi connectivity index (χ4v) is 2.87. The highest BCUT2D eigenvalue weighted by atomic mass is 79.9. The van der Waals surface area contributed by atoms with Crippen molar-refractivity contribution in [1.82, 2.24) is 9.47 Å². The quantitative estimate of drug-likeness (QED) is 0.905. The molecule has 20 heavy (non-hydrogen) atoms. The van der Waals surface area contributed by atoms with E-state index in [1.165, 1.54) is 0 Å². The number of pyridine rings is 1. The summed E-state index contributed by atoms with van der Waals surface area (Å²) in [7, 11) is 0. The molecule has 1 saturated heterocycles. The average Bonchev–Trinajstić information content (AvgIpc) is 2.42. The Kier molecular flexibility index (Phi) is 4.88. The van der Waals surface area contributed by atoms with Gasteiger partial charge in [-0.05, 0) is 42.3 Å². The summed E-state index contributed by atoms with van der Waals surface area (Å²) in [6, 6.07) is 0.493. The molecule has 1 unspecified atom stereocenters. The third kappa shape index (κ3) is 3.24. The molecule has 0 aliphatic carbocycles. The van der Waals surface area contributed by atoms with Crippen molar-refractivity contribution in [2.24, 2.45) is 0 Å². The molecule has 1 aromatic rings. The molecule has 5 nitrogen and oxygen atoms in total. The third-order valence-corrected chi connectivity index (χ3v) is 4.74. The molecule has 1 atom stereocenters. The molecule has 112 valence electrons. The van der Waals surface area contributed by atoms with Gasteiger partial charge in [0.1, 0.15) is 0 Å². The molecule has 1 fully saturated rings. The summed E-state index contributed by atoms with van der Waals surface area (Å²) in [6.07, 6.45) is 1.73. The Morgan fingerprint density at radius 1 is 1.55 bits per heavy atom. The lowest BCUT2D eigenvalue weighted by Crippen LogP contribution is -2.47. The second-order valence-electron chi connectivity index (χ2n) is 5.56. The highest BCUT2D eigenvalue weighted by Gasteiger charge is 2.23. The first-order chi connectivity index (χ1) is 9.40. The summed E-state index contributed by atoms with van der Waals surface area (Å²) in [4.78, 5) is 14.6. The molecular formula is C14H22BrN3O2. The van der Waals surface area contributed by atoms with Gasteiger partial charge in [-0.15, -0.1) is 0 Å². The minimum absolute atomic E-state index is 0.0258. The van der Waals surface area contributed by atoms with Crippen molar-refractivity contribution in [2.45, 2.75) is 39.5 Å². The van der Waals surface area contributed by atoms with Crippen molar-refractivity contribution in [2.75, 3.05) is 25.4 Å². The van der Waals surface area contributed by atoms with Crippen LogP contribution in [0.25, 0.3) is 0 Å². The Hall–Kier alpha value is -0.850. The van der Waals surface area contributed by atoms with Gasteiger partial charge in [-0.2, -0.15) is 0 Å². The standard InChI is InChI=1S/C14H22BrN3O2/c1-9(2)17-4-5-20-11(6-17)7-18-8-12(16)10(3)13(15)14(18)19/h8-9,11H,4-7,16H2,1-3H3. The van der Waals surface area contributed by atoms with Crippen LogP contribution in [0.4, 0.5) is 5.69 Å². The highest BCUT2D eigenvalue weighted by Crippen LogP contribution is 2.18. The molecule has 1 aliphatic rings. The molecule has 0 radical (unpaired) electrons. The zero-order valence-corrected chi connectivity index (χ0v) is 13.8. The summed E-state index contributed by atoms with van der Waals surface area (Å²) in [6.45, 7) is 9.22. The van der Waals surface area contributed by atoms with Crippen LogP contribution in [-0.2, 0) is 11.3 Å². The van der Waals surface area contributed by atoms with E-state index in [-0.39, 0.29) is 11.7 Å². The van der Waals surface area contributed by atoms with Crippen LogP contribution in [0.5, 0.6) is 0 Å². The van der Waals surface area contributed by atoms with E-state index in [4.69, 9.17) is 10.5 Å². The number of hydrogen-bond acceptors (Lipinski definition) is 4. The van der Waals surface area contributed by atoms with E-state index >= 15 is 0 Å². The smallest absolute Gasteiger partial charge is 0.265 e. The summed E-state index contributed by atoms with van der Waals surface area (Å²) in [5, 5.41) is 0. The van der Waals surface area contributed by atoms with Crippen LogP contribution in [0.2, 0.25) is 0 Å². The van der Waals surface area contributed by atoms with E-state index in [9.17, 15) is 4.79 Å². The van der Waals surface area contributed by atoms with E-state index in [0.29, 0.717) is 29.4 Å². The number of hydrogen-bond donors (Lipinski definition) is 1. The molecule has 0 saturated carbocycles. The van der Waals surface area contributed by atoms with E-state index in [0.717, 1.165) is 18.7 Å². The largest absolute Gasteiger partial charge is 0.397 e. The maximum Gasteiger partial charge on any atom is 0.265 e. The van der Waals surface area contributed by atoms with Gasteiger partial charge >= 0.3 is 0 Å². The summed E-state index contributed by atoms with van der Waals surface area (Å²) in [5.74, 6) is 0. The molecule has 1 aliphatic heterocycles. The number of nitrogen functional groups attached to an aromatic ring is 1. The predicted octanol–water partition coefficient (Wildman–Crippen LogP) is 1.61. The van der Waals surface area contributed by atoms with Gasteiger partial charge in [0.25, 0.3) is 5.56 Å². The minimum atomic E-state index is -0.0537. The van der Waals surface area contributed by atoms with Gasteiger partial charge in [0.15, 0.2) is 0 Å². The highest BCUT2D eigenvalue weighted by molar-refractivity contribution is 9.10. The molecule has 2 N–H and O–H groups in total. The van der Waals surface area contributed by atoms with E-state index in [1.807, 2.05) is 6.92 Å². The molecule has 1 aromatic heterocycles. The number of morpholine rings is 1. The number of rotatable bonds is 3. The summed E-state index contributed by atoms with van der Waals surface area (Å²) >= 11 is 3.32. The first-order valence-electron chi connectivity index (χ1n) is 6.90. The Labute approximate surface area is 127 Å². The third-order valence-electron chi connectivity index (χ3n) is 3.81. The molecule has 6 heteroatoms. The molecule has 2 rings (SSSR count). The van der Waals surface area contributed by atoms with Crippen molar-refractivity contribution in [3.05, 3.63) is 26.6 Å². The van der Waals surface area contributed by atoms with Crippen LogP contribution in [0.1, 0.15) is 19.4 Å². The van der Waals surface area contributed by atoms with Crippen LogP contribution >= 0.6 is 15.9 Å². The van der Waals surface area contributed by atoms with Gasteiger partial charge in [0, 0.05) is 25.3 Å². The van der Waals surface area contributed by atoms with Crippen molar-refractivity contribution in [1.29, 1.82) is 0 Å². The average molecular weight is 344 g/mol. The normalized spacial score (nSPS) is 20.6. The lowest BCUT2D eigenvalue weighted by Gasteiger charge is -2.35. The van der Waals surface area contributed by atoms with Gasteiger partial charge in [0.2, 0.25) is 0 Å². The Morgan fingerprint density at radius 2 is 2.25 bits per heavy atom. The van der Waals surface area contributed by atoms with Gasteiger partial charge < -0.3 is 15.0 Å². The maximum atomic E-state index is 12.2. The monoisotopic (exact) mass is 343 g/mol. The number of nitrogens with two attached hydrogens (primary N) is 1. The summed E-state index contributed by atoms with van der Waals surface area (Å²) in [5.41, 5.74) is 7.29. The van der Waals surface area contributed by atoms with Crippen LogP contribution in [-0.4, -0.2) is 41.3 Å². The zero-order valence-electron chi connectivity index (χ0n) is 12.2. The van der Waals surface area contributed by atoms with Crippen LogP contribution in [0, 0.1) is 6.92 Å². The van der Waals surface area contributed by atoms with E-state index in [2.05, 4.69) is 34.7 Å². The second-order valence-corrected chi connectivity index (χ2v) is 6.36. The summed E-state index contributed by atoms with van der Waals surface area (Å²) < 4.78 is 7.95. The maximum absolute atomic E-state index is 12.2. The second kappa shape index (κ2) is 6.28. The first-order valence-corrected chi connectivity index (χ1v) is 7.70. The fourth-order valence-electron chi connectivity index (χ4n) is 2.41. The number of aromatic nitrogens is 1. The molecule has 0 bridgehead atoms. The van der Waals surface area contributed by atoms with E-state index in [1.54, 1.807) is 10.8 Å². The van der Waals surface area contributed by atoms with Crippen molar-refractivity contribution in [3.63, 3.8) is 0 Å². The van der Waals surface area contributed by atoms with Gasteiger partial charge in [-0.1, -0.05) is 0 Å². The first kappa shape index (κ1) is 15.5. The van der Waals surface area contributed by atoms with Crippen LogP contribution in [0.3, 0.4) is 0 Å². The predicted molar refractivity (Wildman–Crippen MR) is 84.0 cm³/mol. The number of ether oxygens (including phenoxy) is 1. The van der Waals surface area contributed by atoms with Gasteiger partial charge in [0.05, 0.1) is 29.4 Å². The SMILES string of the molecule is Cc1c(N)cn(CC2CN(C(C)C)CCO2)c(=O)c1Br. The van der Waals surface area contributed by atoms with Crippen LogP contribution in [0.15, 0.2) is 15.5 Å². The molecular weight excluding hydrogens is 322 g/mol. The molecule has 2 heterocycles. The Balaban J connectivity index is 2.16. The number of nitrogens with zero attached hydrogens (tertiary/aromatic N) is 2. The molecule has 0 spiro atoms. The number of halogens is 1. The molecule has 0 aromatic carbocycles. The molecule has 0 amide bonds. The lowest BCUT2D eigenvalue weighted by molar-refractivity contribution is -0.0459. The van der Waals surface area contributed by atoms with Crippen LogP contribution < -0.4 is 11.3 Å². The number of anilines is 1. The van der Waals surface area contributed by atoms with Gasteiger partial charge in [-0.3, -0.25) is 9.69 Å². The van der Waals surface area contributed by atoms with Crippen molar-refractivity contribution >= 4 is 21.6 Å². The lowest BCUT2D eigenvalue weighted by atomic mass is 10.2. The zero-order chi connectivity index (χ0) is 14.9. The Bertz CT molecular complexity index is 542. The van der Waals surface area contributed by atoms with E-state index < -0.39 is 0 Å². The topological polar surface area (TPSA) is 60.5 Å². The van der Waals surface area contributed by atoms with Gasteiger partial charge in [-0.25, -0.2) is 0 Å². The minimum Gasteiger partial charge on any atom is -0.397 e. The fraction of sp³-hybridized carbons (Fsp3) is 0.643. The Morgan fingerprint density at radius 3 is 2.90 bits per heavy atom. The van der Waals surface area contributed by atoms with Crippen molar-refractivity contribution in [3.8, 4) is 0 Å².